The number of nitrogens with zero attached hydrogens (tertiary/aromatic N) is 1. The minimum absolute atomic E-state index is 0.105. The van der Waals surface area contributed by atoms with Gasteiger partial charge in [0.1, 0.15) is 18.2 Å². The average molecular weight is 230 g/mol. The summed E-state index contributed by atoms with van der Waals surface area (Å²) >= 11 is 0. The summed E-state index contributed by atoms with van der Waals surface area (Å²) in [6.07, 6.45) is 0.539. The molecule has 1 aromatic rings. The molecule has 1 heterocycles. The molecule has 0 aliphatic carbocycles. The van der Waals surface area contributed by atoms with Crippen molar-refractivity contribution in [3.63, 3.8) is 0 Å². The van der Waals surface area contributed by atoms with Gasteiger partial charge in [0, 0.05) is 0 Å². The third kappa shape index (κ3) is 2.63. The fourth-order valence-corrected chi connectivity index (χ4v) is 1.85. The molecule has 1 saturated heterocycles. The van der Waals surface area contributed by atoms with Crippen LogP contribution in [-0.4, -0.2) is 24.2 Å². The Labute approximate surface area is 100 Å². The highest BCUT2D eigenvalue weighted by Gasteiger charge is 2.37. The van der Waals surface area contributed by atoms with E-state index in [-0.39, 0.29) is 12.6 Å². The maximum Gasteiger partial charge on any atom is 0.323 e. The predicted molar refractivity (Wildman–Crippen MR) is 62.0 cm³/mol. The molecule has 88 valence electrons. The zero-order valence-corrected chi connectivity index (χ0v) is 9.64. The van der Waals surface area contributed by atoms with Crippen molar-refractivity contribution >= 4 is 5.97 Å². The highest BCUT2D eigenvalue weighted by molar-refractivity contribution is 5.77. The van der Waals surface area contributed by atoms with Crippen molar-refractivity contribution in [3.8, 4) is 6.07 Å². The fraction of sp³-hybridized carbons (Fsp3) is 0.385. The lowest BCUT2D eigenvalue weighted by molar-refractivity contribution is -0.153. The van der Waals surface area contributed by atoms with E-state index in [2.05, 4.69) is 11.4 Å². The molecule has 4 nitrogen and oxygen atoms in total. The van der Waals surface area contributed by atoms with Crippen LogP contribution in [0, 0.1) is 11.3 Å². The molecule has 2 atom stereocenters. The van der Waals surface area contributed by atoms with Crippen LogP contribution in [0.3, 0.4) is 0 Å². The van der Waals surface area contributed by atoms with Gasteiger partial charge in [0.2, 0.25) is 0 Å². The van der Waals surface area contributed by atoms with Gasteiger partial charge in [-0.2, -0.15) is 5.26 Å². The second-order valence-electron chi connectivity index (χ2n) is 4.44. The highest BCUT2D eigenvalue weighted by Crippen LogP contribution is 2.15. The summed E-state index contributed by atoms with van der Waals surface area (Å²) < 4.78 is 5.05. The van der Waals surface area contributed by atoms with Crippen LogP contribution < -0.4 is 5.32 Å². The summed E-state index contributed by atoms with van der Waals surface area (Å²) in [7, 11) is 0. The molecule has 0 radical (unpaired) electrons. The molecule has 1 aliphatic heterocycles. The maximum absolute atomic E-state index is 11.6. The summed E-state index contributed by atoms with van der Waals surface area (Å²) in [6, 6.07) is 11.4. The number of nitriles is 1. The molecule has 17 heavy (non-hydrogen) atoms. The number of hydrogen-bond acceptors (Lipinski definition) is 4. The van der Waals surface area contributed by atoms with Gasteiger partial charge < -0.3 is 4.74 Å². The number of benzene rings is 1. The van der Waals surface area contributed by atoms with Crippen LogP contribution >= 0.6 is 0 Å². The Kier molecular flexibility index (Phi) is 3.12. The number of cyclic esters (lactones) is 1. The standard InChI is InChI=1S/C13H14N2O2/c1-13(8-14)9-17-12(16)11(15-13)7-10-5-3-2-4-6-10/h2-6,11,15H,7,9H2,1H3/t11-,13-/m0/s1. The SMILES string of the molecule is C[C@]1(C#N)COC(=O)[C@H](Cc2ccccc2)N1. The van der Waals surface area contributed by atoms with E-state index >= 15 is 0 Å². The Hall–Kier alpha value is -1.86. The molecule has 0 amide bonds. The largest absolute Gasteiger partial charge is 0.461 e. The summed E-state index contributed by atoms with van der Waals surface area (Å²) in [5.74, 6) is -0.290. The molecule has 1 aliphatic rings. The van der Waals surface area contributed by atoms with Gasteiger partial charge in [0.15, 0.2) is 0 Å². The Morgan fingerprint density at radius 3 is 2.88 bits per heavy atom. The zero-order chi connectivity index (χ0) is 12.3. The maximum atomic E-state index is 11.6. The van der Waals surface area contributed by atoms with Gasteiger partial charge in [0.05, 0.1) is 6.07 Å². The molecule has 0 saturated carbocycles. The number of carbonyl (C=O) groups excluding carboxylic acids is 1. The number of morpholine rings is 1. The molecule has 1 N–H and O–H groups in total. The van der Waals surface area contributed by atoms with Crippen molar-refractivity contribution in [2.75, 3.05) is 6.61 Å². The van der Waals surface area contributed by atoms with E-state index in [0.29, 0.717) is 6.42 Å². The van der Waals surface area contributed by atoms with Crippen molar-refractivity contribution in [3.05, 3.63) is 35.9 Å². The molecular formula is C13H14N2O2. The number of carbonyl (C=O) groups is 1. The third-order valence-corrected chi connectivity index (χ3v) is 2.81. The molecule has 2 rings (SSSR count). The van der Waals surface area contributed by atoms with Crippen LogP contribution in [0.25, 0.3) is 0 Å². The third-order valence-electron chi connectivity index (χ3n) is 2.81. The first-order valence-electron chi connectivity index (χ1n) is 5.52. The van der Waals surface area contributed by atoms with Crippen molar-refractivity contribution in [2.24, 2.45) is 0 Å². The summed E-state index contributed by atoms with van der Waals surface area (Å²) in [5, 5.41) is 12.1. The van der Waals surface area contributed by atoms with Crippen LogP contribution in [0.5, 0.6) is 0 Å². The molecule has 1 fully saturated rings. The van der Waals surface area contributed by atoms with E-state index < -0.39 is 11.6 Å². The van der Waals surface area contributed by atoms with Crippen LogP contribution in [0.4, 0.5) is 0 Å². The molecule has 1 aromatic carbocycles. The van der Waals surface area contributed by atoms with Crippen molar-refractivity contribution < 1.29 is 9.53 Å². The molecular weight excluding hydrogens is 216 g/mol. The summed E-state index contributed by atoms with van der Waals surface area (Å²) in [6.45, 7) is 1.84. The second kappa shape index (κ2) is 4.56. The van der Waals surface area contributed by atoms with E-state index in [1.54, 1.807) is 6.92 Å². The van der Waals surface area contributed by atoms with Gasteiger partial charge in [-0.3, -0.25) is 10.1 Å². The molecule has 0 spiro atoms. The van der Waals surface area contributed by atoms with Crippen LogP contribution in [-0.2, 0) is 16.0 Å². The lowest BCUT2D eigenvalue weighted by Crippen LogP contribution is -2.59. The minimum atomic E-state index is -0.784. The number of esters is 1. The van der Waals surface area contributed by atoms with E-state index in [1.165, 1.54) is 0 Å². The predicted octanol–water partition coefficient (Wildman–Crippen LogP) is 1.03. The Morgan fingerprint density at radius 1 is 1.53 bits per heavy atom. The molecule has 0 bridgehead atoms. The molecule has 4 heteroatoms. The van der Waals surface area contributed by atoms with Gasteiger partial charge in [-0.05, 0) is 18.9 Å². The first-order chi connectivity index (χ1) is 8.13. The average Bonchev–Trinajstić information content (AvgIpc) is 2.35. The second-order valence-corrected chi connectivity index (χ2v) is 4.44. The highest BCUT2D eigenvalue weighted by atomic mass is 16.5. The van der Waals surface area contributed by atoms with Crippen molar-refractivity contribution in [1.29, 1.82) is 5.26 Å². The Balaban J connectivity index is 2.10. The van der Waals surface area contributed by atoms with Crippen LogP contribution in [0.2, 0.25) is 0 Å². The van der Waals surface area contributed by atoms with E-state index in [0.717, 1.165) is 5.56 Å². The monoisotopic (exact) mass is 230 g/mol. The van der Waals surface area contributed by atoms with Gasteiger partial charge in [-0.1, -0.05) is 30.3 Å². The first-order valence-corrected chi connectivity index (χ1v) is 5.52. The van der Waals surface area contributed by atoms with Crippen molar-refractivity contribution in [2.45, 2.75) is 24.9 Å². The van der Waals surface area contributed by atoms with Gasteiger partial charge >= 0.3 is 5.97 Å². The van der Waals surface area contributed by atoms with Gasteiger partial charge in [0.25, 0.3) is 0 Å². The first kappa shape index (κ1) is 11.6. The number of nitrogens with one attached hydrogen (secondary N) is 1. The minimum Gasteiger partial charge on any atom is -0.461 e. The number of ether oxygens (including phenoxy) is 1. The van der Waals surface area contributed by atoms with Crippen molar-refractivity contribution in [1.82, 2.24) is 5.32 Å². The summed E-state index contributed by atoms with van der Waals surface area (Å²) in [5.41, 5.74) is 0.261. The summed E-state index contributed by atoms with van der Waals surface area (Å²) in [4.78, 5) is 11.6. The van der Waals surface area contributed by atoms with Gasteiger partial charge in [-0.25, -0.2) is 0 Å². The lowest BCUT2D eigenvalue weighted by atomic mass is 9.98. The quantitative estimate of drug-likeness (QED) is 0.771. The van der Waals surface area contributed by atoms with Crippen LogP contribution in [0.1, 0.15) is 12.5 Å². The Bertz CT molecular complexity index is 452. The number of hydrogen-bond donors (Lipinski definition) is 1. The smallest absolute Gasteiger partial charge is 0.323 e. The normalized spacial score (nSPS) is 28.2. The Morgan fingerprint density at radius 2 is 2.24 bits per heavy atom. The fourth-order valence-electron chi connectivity index (χ4n) is 1.85. The topological polar surface area (TPSA) is 62.1 Å². The molecule has 0 unspecified atom stereocenters. The molecule has 0 aromatic heterocycles. The van der Waals surface area contributed by atoms with Gasteiger partial charge in [-0.15, -0.1) is 0 Å². The van der Waals surface area contributed by atoms with Crippen LogP contribution in [0.15, 0.2) is 30.3 Å². The van der Waals surface area contributed by atoms with E-state index in [1.807, 2.05) is 30.3 Å². The lowest BCUT2D eigenvalue weighted by Gasteiger charge is -2.33. The number of rotatable bonds is 2. The van der Waals surface area contributed by atoms with E-state index in [9.17, 15) is 4.79 Å². The zero-order valence-electron chi connectivity index (χ0n) is 9.64. The van der Waals surface area contributed by atoms with E-state index in [4.69, 9.17) is 10.00 Å².